The van der Waals surface area contributed by atoms with Crippen LogP contribution in [0.2, 0.25) is 5.02 Å². The Morgan fingerprint density at radius 2 is 1.88 bits per heavy atom. The number of carbonyl (C=O) groups excluding carboxylic acids is 1. The number of esters is 1. The molecular formula is C18H15ClN2O4S. The van der Waals surface area contributed by atoms with Crippen LogP contribution in [0.5, 0.6) is 0 Å². The number of hydrogen-bond donors (Lipinski definition) is 1. The van der Waals surface area contributed by atoms with Crippen LogP contribution in [-0.2, 0) is 14.6 Å². The Labute approximate surface area is 156 Å². The average molecular weight is 391 g/mol. The van der Waals surface area contributed by atoms with Gasteiger partial charge < -0.3 is 10.1 Å². The molecule has 0 bridgehead atoms. The van der Waals surface area contributed by atoms with E-state index in [-0.39, 0.29) is 17.1 Å². The molecule has 0 aliphatic rings. The zero-order chi connectivity index (χ0) is 19.2. The molecule has 0 amide bonds. The lowest BCUT2D eigenvalue weighted by atomic mass is 10.2. The van der Waals surface area contributed by atoms with Crippen LogP contribution in [0.3, 0.4) is 0 Å². The van der Waals surface area contributed by atoms with Crippen molar-refractivity contribution in [3.05, 3.63) is 70.2 Å². The number of nitrogens with one attached hydrogen (secondary N) is 1. The molecule has 0 atom stereocenters. The van der Waals surface area contributed by atoms with Crippen LogP contribution in [-0.4, -0.2) is 21.0 Å². The Morgan fingerprint density at radius 1 is 1.23 bits per heavy atom. The van der Waals surface area contributed by atoms with E-state index in [1.807, 2.05) is 0 Å². The molecule has 0 spiro atoms. The van der Waals surface area contributed by atoms with Gasteiger partial charge in [-0.3, -0.25) is 0 Å². The van der Waals surface area contributed by atoms with Crippen molar-refractivity contribution in [2.45, 2.75) is 11.8 Å². The predicted molar refractivity (Wildman–Crippen MR) is 98.4 cm³/mol. The normalized spacial score (nSPS) is 11.5. The highest BCUT2D eigenvalue weighted by atomic mass is 35.5. The van der Waals surface area contributed by atoms with Gasteiger partial charge in [0.05, 0.1) is 22.8 Å². The predicted octanol–water partition coefficient (Wildman–Crippen LogP) is 3.77. The Kier molecular flexibility index (Phi) is 6.39. The molecule has 0 saturated carbocycles. The molecule has 0 aliphatic carbocycles. The van der Waals surface area contributed by atoms with Gasteiger partial charge in [0, 0.05) is 11.2 Å². The topological polar surface area (TPSA) is 96.3 Å². The minimum Gasteiger partial charge on any atom is -0.462 e. The minimum atomic E-state index is -4.02. The summed E-state index contributed by atoms with van der Waals surface area (Å²) in [5, 5.41) is 12.3. The van der Waals surface area contributed by atoms with E-state index >= 15 is 0 Å². The van der Waals surface area contributed by atoms with Gasteiger partial charge in [-0.05, 0) is 43.3 Å². The van der Waals surface area contributed by atoms with Gasteiger partial charge in [-0.2, -0.15) is 5.26 Å². The molecule has 0 aromatic heterocycles. The summed E-state index contributed by atoms with van der Waals surface area (Å²) in [4.78, 5) is 11.4. The first-order chi connectivity index (χ1) is 12.4. The molecule has 0 heterocycles. The molecule has 2 aromatic carbocycles. The van der Waals surface area contributed by atoms with E-state index in [0.29, 0.717) is 10.7 Å². The van der Waals surface area contributed by atoms with E-state index in [2.05, 4.69) is 5.32 Å². The van der Waals surface area contributed by atoms with E-state index in [0.717, 1.165) is 6.20 Å². The standard InChI is InChI=1S/C18H15ClN2O4S/c1-2-25-18(22)16-5-3-4-6-17(16)21-12-15(11-20)26(23,24)14-9-7-13(19)8-10-14/h3-10,12,21H,2H2,1H3/b15-12+. The van der Waals surface area contributed by atoms with Crippen LogP contribution < -0.4 is 5.32 Å². The molecular weight excluding hydrogens is 376 g/mol. The molecule has 2 aromatic rings. The molecule has 134 valence electrons. The van der Waals surface area contributed by atoms with Gasteiger partial charge in [0.1, 0.15) is 6.07 Å². The van der Waals surface area contributed by atoms with Crippen LogP contribution in [0.4, 0.5) is 5.69 Å². The summed E-state index contributed by atoms with van der Waals surface area (Å²) in [5.74, 6) is -0.553. The van der Waals surface area contributed by atoms with Crippen molar-refractivity contribution in [2.75, 3.05) is 11.9 Å². The molecule has 0 saturated heterocycles. The van der Waals surface area contributed by atoms with E-state index < -0.39 is 20.7 Å². The maximum atomic E-state index is 12.6. The maximum absolute atomic E-state index is 12.6. The summed E-state index contributed by atoms with van der Waals surface area (Å²) in [7, 11) is -4.02. The number of para-hydroxylation sites is 1. The molecule has 8 heteroatoms. The van der Waals surface area contributed by atoms with Gasteiger partial charge in [0.25, 0.3) is 0 Å². The Morgan fingerprint density at radius 3 is 2.50 bits per heavy atom. The van der Waals surface area contributed by atoms with Gasteiger partial charge in [0.15, 0.2) is 4.91 Å². The van der Waals surface area contributed by atoms with Crippen LogP contribution >= 0.6 is 11.6 Å². The lowest BCUT2D eigenvalue weighted by Gasteiger charge is -2.09. The first kappa shape index (κ1) is 19.5. The number of halogens is 1. The molecule has 0 aliphatic heterocycles. The highest BCUT2D eigenvalue weighted by Gasteiger charge is 2.21. The number of rotatable bonds is 6. The Bertz CT molecular complexity index is 977. The largest absolute Gasteiger partial charge is 0.462 e. The zero-order valence-corrected chi connectivity index (χ0v) is 15.3. The molecule has 0 fully saturated rings. The van der Waals surface area contributed by atoms with E-state index in [9.17, 15) is 18.5 Å². The third-order valence-corrected chi connectivity index (χ3v) is 5.24. The highest BCUT2D eigenvalue weighted by molar-refractivity contribution is 7.95. The van der Waals surface area contributed by atoms with Gasteiger partial charge in [-0.25, -0.2) is 13.2 Å². The van der Waals surface area contributed by atoms with Crippen molar-refractivity contribution in [3.63, 3.8) is 0 Å². The lowest BCUT2D eigenvalue weighted by molar-refractivity contribution is 0.0527. The smallest absolute Gasteiger partial charge is 0.340 e. The second-order valence-corrected chi connectivity index (χ2v) is 7.34. The second kappa shape index (κ2) is 8.52. The Balaban J connectivity index is 2.35. The summed E-state index contributed by atoms with van der Waals surface area (Å²) in [6, 6.07) is 13.6. The number of allylic oxidation sites excluding steroid dienone is 1. The van der Waals surface area contributed by atoms with E-state index in [1.165, 1.54) is 30.3 Å². The number of anilines is 1. The first-order valence-electron chi connectivity index (χ1n) is 7.53. The molecule has 26 heavy (non-hydrogen) atoms. The fraction of sp³-hybridized carbons (Fsp3) is 0.111. The quantitative estimate of drug-likeness (QED) is 0.595. The number of nitriles is 1. The van der Waals surface area contributed by atoms with Crippen molar-refractivity contribution in [1.29, 1.82) is 5.26 Å². The SMILES string of the molecule is CCOC(=O)c1ccccc1N/C=C(\C#N)S(=O)(=O)c1ccc(Cl)cc1. The fourth-order valence-electron chi connectivity index (χ4n) is 2.05. The monoisotopic (exact) mass is 390 g/mol. The van der Waals surface area contributed by atoms with Crippen LogP contribution in [0.15, 0.2) is 64.5 Å². The van der Waals surface area contributed by atoms with Crippen molar-refractivity contribution in [1.82, 2.24) is 0 Å². The van der Waals surface area contributed by atoms with Gasteiger partial charge in [-0.1, -0.05) is 23.7 Å². The summed E-state index contributed by atoms with van der Waals surface area (Å²) in [5.41, 5.74) is 0.553. The van der Waals surface area contributed by atoms with Crippen molar-refractivity contribution < 1.29 is 17.9 Å². The minimum absolute atomic E-state index is 0.0600. The third kappa shape index (κ3) is 4.42. The lowest BCUT2D eigenvalue weighted by Crippen LogP contribution is -2.09. The third-order valence-electron chi connectivity index (χ3n) is 3.30. The highest BCUT2D eigenvalue weighted by Crippen LogP contribution is 2.22. The molecule has 0 radical (unpaired) electrons. The molecule has 1 N–H and O–H groups in total. The van der Waals surface area contributed by atoms with E-state index in [1.54, 1.807) is 31.2 Å². The van der Waals surface area contributed by atoms with Gasteiger partial charge in [0.2, 0.25) is 9.84 Å². The summed E-state index contributed by atoms with van der Waals surface area (Å²) < 4.78 is 30.1. The van der Waals surface area contributed by atoms with Crippen LogP contribution in [0, 0.1) is 11.3 Å². The fourth-order valence-corrected chi connectivity index (χ4v) is 3.26. The molecule has 0 unspecified atom stereocenters. The number of nitrogens with zero attached hydrogens (tertiary/aromatic N) is 1. The number of ether oxygens (including phenoxy) is 1. The van der Waals surface area contributed by atoms with Crippen molar-refractivity contribution in [2.24, 2.45) is 0 Å². The first-order valence-corrected chi connectivity index (χ1v) is 9.40. The summed E-state index contributed by atoms with van der Waals surface area (Å²) >= 11 is 5.76. The average Bonchev–Trinajstić information content (AvgIpc) is 2.63. The zero-order valence-electron chi connectivity index (χ0n) is 13.8. The molecule has 2 rings (SSSR count). The maximum Gasteiger partial charge on any atom is 0.340 e. The van der Waals surface area contributed by atoms with E-state index in [4.69, 9.17) is 16.3 Å². The summed E-state index contributed by atoms with van der Waals surface area (Å²) in [6.45, 7) is 1.89. The summed E-state index contributed by atoms with van der Waals surface area (Å²) in [6.07, 6.45) is 1.04. The molecule has 6 nitrogen and oxygen atoms in total. The van der Waals surface area contributed by atoms with Gasteiger partial charge >= 0.3 is 5.97 Å². The number of sulfone groups is 1. The van der Waals surface area contributed by atoms with Crippen LogP contribution in [0.1, 0.15) is 17.3 Å². The second-order valence-electron chi connectivity index (χ2n) is 4.99. The number of benzene rings is 2. The van der Waals surface area contributed by atoms with Gasteiger partial charge in [-0.15, -0.1) is 0 Å². The number of carbonyl (C=O) groups is 1. The van der Waals surface area contributed by atoms with Crippen LogP contribution in [0.25, 0.3) is 0 Å². The number of hydrogen-bond acceptors (Lipinski definition) is 6. The van der Waals surface area contributed by atoms with Crippen molar-refractivity contribution in [3.8, 4) is 6.07 Å². The van der Waals surface area contributed by atoms with Crippen molar-refractivity contribution >= 4 is 33.1 Å². The Hall–Kier alpha value is -2.82.